The average molecular weight is 695 g/mol. The number of carbonyl (C=O) groups is 3. The van der Waals surface area contributed by atoms with E-state index < -0.39 is 23.9 Å². The Kier molecular flexibility index (Phi) is 9.59. The minimum absolute atomic E-state index is 0.0761. The molecule has 5 atom stereocenters. The van der Waals surface area contributed by atoms with Crippen molar-refractivity contribution < 1.29 is 23.9 Å². The number of amides is 3. The highest BCUT2D eigenvalue weighted by molar-refractivity contribution is 5.98. The summed E-state index contributed by atoms with van der Waals surface area (Å²) in [7, 11) is 0. The van der Waals surface area contributed by atoms with Gasteiger partial charge in [-0.15, -0.1) is 0 Å². The Labute approximate surface area is 300 Å². The maximum atomic E-state index is 15.5. The third-order valence-electron chi connectivity index (χ3n) is 11.9. The third-order valence-corrected chi connectivity index (χ3v) is 11.9. The number of hydrogen-bond donors (Lipinski definition) is 3. The minimum atomic E-state index is -0.932. The molecule has 2 saturated carbocycles. The van der Waals surface area contributed by atoms with E-state index in [0.717, 1.165) is 54.5 Å². The molecule has 3 N–H and O–H groups in total. The lowest BCUT2D eigenvalue weighted by Gasteiger charge is -2.48. The SMILES string of the molecule is Cc1cccc(F)c1C(=O)N1C2CCCC2CC(C(=O)Nc2ccc3c(c2)CCN(C(=O)O)C3C(C)(C)C)C1c1ccc(NC2CCCC2)cc1. The molecule has 3 amide bonds. The number of carboxylic acid groups (broad SMARTS) is 1. The van der Waals surface area contributed by atoms with E-state index in [4.69, 9.17) is 0 Å². The molecule has 0 aromatic heterocycles. The van der Waals surface area contributed by atoms with Gasteiger partial charge in [0.05, 0.1) is 23.6 Å². The van der Waals surface area contributed by atoms with Crippen LogP contribution in [0.3, 0.4) is 0 Å². The van der Waals surface area contributed by atoms with E-state index in [-0.39, 0.29) is 40.8 Å². The molecule has 270 valence electrons. The van der Waals surface area contributed by atoms with E-state index in [1.165, 1.54) is 23.8 Å². The Morgan fingerprint density at radius 2 is 1.63 bits per heavy atom. The molecule has 7 rings (SSSR count). The van der Waals surface area contributed by atoms with Crippen LogP contribution in [-0.2, 0) is 11.2 Å². The maximum absolute atomic E-state index is 15.5. The number of anilines is 2. The summed E-state index contributed by atoms with van der Waals surface area (Å²) in [6.45, 7) is 8.29. The lowest BCUT2D eigenvalue weighted by atomic mass is 9.75. The molecule has 0 radical (unpaired) electrons. The van der Waals surface area contributed by atoms with E-state index in [0.29, 0.717) is 36.7 Å². The fraction of sp³-hybridized carbons (Fsp3) is 0.500. The highest BCUT2D eigenvalue weighted by atomic mass is 19.1. The monoisotopic (exact) mass is 694 g/mol. The Morgan fingerprint density at radius 1 is 0.902 bits per heavy atom. The van der Waals surface area contributed by atoms with Crippen LogP contribution < -0.4 is 10.6 Å². The molecule has 9 heteroatoms. The predicted molar refractivity (Wildman–Crippen MR) is 197 cm³/mol. The molecule has 3 aromatic rings. The highest BCUT2D eigenvalue weighted by Crippen LogP contribution is 2.49. The molecule has 1 saturated heterocycles. The van der Waals surface area contributed by atoms with E-state index in [2.05, 4.69) is 22.8 Å². The van der Waals surface area contributed by atoms with Crippen LogP contribution >= 0.6 is 0 Å². The second kappa shape index (κ2) is 14.0. The van der Waals surface area contributed by atoms with E-state index in [1.807, 2.05) is 56.0 Å². The second-order valence-corrected chi connectivity index (χ2v) is 16.3. The number of halogens is 1. The first kappa shape index (κ1) is 35.0. The molecule has 8 nitrogen and oxygen atoms in total. The number of carbonyl (C=O) groups excluding carboxylic acids is 2. The first-order valence-corrected chi connectivity index (χ1v) is 18.8. The second-order valence-electron chi connectivity index (χ2n) is 16.3. The van der Waals surface area contributed by atoms with Gasteiger partial charge in [0, 0.05) is 30.0 Å². The Morgan fingerprint density at radius 3 is 2.31 bits per heavy atom. The van der Waals surface area contributed by atoms with Crippen LogP contribution in [-0.4, -0.2) is 51.4 Å². The minimum Gasteiger partial charge on any atom is -0.465 e. The van der Waals surface area contributed by atoms with Crippen LogP contribution in [0.1, 0.15) is 117 Å². The molecule has 5 unspecified atom stereocenters. The number of rotatable bonds is 6. The van der Waals surface area contributed by atoms with Crippen molar-refractivity contribution in [2.45, 2.75) is 110 Å². The van der Waals surface area contributed by atoms with Gasteiger partial charge in [0.15, 0.2) is 0 Å². The van der Waals surface area contributed by atoms with Gasteiger partial charge < -0.3 is 25.5 Å². The summed E-state index contributed by atoms with van der Waals surface area (Å²) in [6.07, 6.45) is 7.70. The average Bonchev–Trinajstić information content (AvgIpc) is 3.79. The summed E-state index contributed by atoms with van der Waals surface area (Å²) in [5, 5.41) is 16.8. The number of fused-ring (bicyclic) bond motifs is 2. The molecule has 51 heavy (non-hydrogen) atoms. The van der Waals surface area contributed by atoms with Crippen LogP contribution in [0.15, 0.2) is 60.7 Å². The number of hydrogen-bond acceptors (Lipinski definition) is 4. The van der Waals surface area contributed by atoms with Crippen molar-refractivity contribution in [3.63, 3.8) is 0 Å². The number of likely N-dealkylation sites (tertiary alicyclic amines) is 1. The van der Waals surface area contributed by atoms with Crippen molar-refractivity contribution in [2.24, 2.45) is 17.3 Å². The summed E-state index contributed by atoms with van der Waals surface area (Å²) in [5.41, 5.74) is 4.87. The lowest BCUT2D eigenvalue weighted by molar-refractivity contribution is -0.125. The van der Waals surface area contributed by atoms with Crippen molar-refractivity contribution in [3.05, 3.63) is 94.3 Å². The van der Waals surface area contributed by atoms with Crippen LogP contribution in [0.25, 0.3) is 0 Å². The maximum Gasteiger partial charge on any atom is 0.407 e. The normalized spacial score (nSPS) is 24.9. The largest absolute Gasteiger partial charge is 0.465 e. The summed E-state index contributed by atoms with van der Waals surface area (Å²) in [6, 6.07) is 18.2. The molecule has 3 aromatic carbocycles. The van der Waals surface area contributed by atoms with Gasteiger partial charge in [-0.3, -0.25) is 9.59 Å². The smallest absolute Gasteiger partial charge is 0.407 e. The van der Waals surface area contributed by atoms with Crippen molar-refractivity contribution in [3.8, 4) is 0 Å². The molecular weight excluding hydrogens is 643 g/mol. The lowest BCUT2D eigenvalue weighted by Crippen LogP contribution is -2.54. The van der Waals surface area contributed by atoms with Gasteiger partial charge in [-0.05, 0) is 109 Å². The van der Waals surface area contributed by atoms with Gasteiger partial charge in [-0.1, -0.05) is 70.4 Å². The van der Waals surface area contributed by atoms with Crippen molar-refractivity contribution in [1.82, 2.24) is 9.80 Å². The van der Waals surface area contributed by atoms with Gasteiger partial charge in [0.25, 0.3) is 5.91 Å². The fourth-order valence-electron chi connectivity index (χ4n) is 9.63. The summed E-state index contributed by atoms with van der Waals surface area (Å²) in [5.74, 6) is -1.50. The summed E-state index contributed by atoms with van der Waals surface area (Å²) < 4.78 is 15.5. The zero-order chi connectivity index (χ0) is 36.0. The van der Waals surface area contributed by atoms with Crippen LogP contribution in [0.5, 0.6) is 0 Å². The zero-order valence-corrected chi connectivity index (χ0v) is 30.3. The Bertz CT molecular complexity index is 1780. The van der Waals surface area contributed by atoms with Crippen molar-refractivity contribution >= 4 is 29.3 Å². The molecule has 0 spiro atoms. The number of aryl methyl sites for hydroxylation is 1. The van der Waals surface area contributed by atoms with Gasteiger partial charge in [0.2, 0.25) is 5.91 Å². The molecule has 2 aliphatic heterocycles. The third kappa shape index (κ3) is 6.84. The number of nitrogens with zero attached hydrogens (tertiary/aromatic N) is 2. The van der Waals surface area contributed by atoms with Gasteiger partial charge in [-0.2, -0.15) is 0 Å². The summed E-state index contributed by atoms with van der Waals surface area (Å²) in [4.78, 5) is 44.7. The topological polar surface area (TPSA) is 102 Å². The van der Waals surface area contributed by atoms with Crippen molar-refractivity contribution in [1.29, 1.82) is 0 Å². The van der Waals surface area contributed by atoms with Crippen LogP contribution in [0.2, 0.25) is 0 Å². The van der Waals surface area contributed by atoms with E-state index in [1.54, 1.807) is 19.1 Å². The number of nitrogens with one attached hydrogen (secondary N) is 2. The zero-order valence-electron chi connectivity index (χ0n) is 30.3. The number of benzene rings is 3. The molecule has 0 bridgehead atoms. The molecule has 2 aliphatic carbocycles. The molecular formula is C42H51FN4O4. The molecule has 4 aliphatic rings. The first-order chi connectivity index (χ1) is 24.4. The standard InChI is InChI=1S/C42H51FN4O4/c1-25-9-7-13-34(43)36(25)40(49)47-35-14-8-10-28(35)24-33(37(47)26-15-17-30(18-16-26)44-29-11-5-6-12-29)39(48)45-31-19-20-32-27(23-31)21-22-46(41(50)51)38(32)42(2,3)4/h7,9,13,15-20,23,28-29,33,35,37-38,44H,5-6,8,10-12,14,21-22,24H2,1-4H3,(H,45,48)(H,50,51). The van der Waals surface area contributed by atoms with E-state index in [9.17, 15) is 19.5 Å². The van der Waals surface area contributed by atoms with E-state index >= 15 is 4.39 Å². The van der Waals surface area contributed by atoms with Gasteiger partial charge in [-0.25, -0.2) is 9.18 Å². The quantitative estimate of drug-likeness (QED) is 0.239. The molecule has 3 fully saturated rings. The van der Waals surface area contributed by atoms with Crippen LogP contribution in [0, 0.1) is 30.0 Å². The highest BCUT2D eigenvalue weighted by Gasteiger charge is 2.50. The van der Waals surface area contributed by atoms with Gasteiger partial charge in [0.1, 0.15) is 5.82 Å². The summed E-state index contributed by atoms with van der Waals surface area (Å²) >= 11 is 0. The Hall–Kier alpha value is -4.40. The molecule has 2 heterocycles. The Balaban J connectivity index is 1.24. The first-order valence-electron chi connectivity index (χ1n) is 18.8. The number of piperidine rings is 1. The van der Waals surface area contributed by atoms with Crippen molar-refractivity contribution in [2.75, 3.05) is 17.2 Å². The van der Waals surface area contributed by atoms with Crippen LogP contribution in [0.4, 0.5) is 20.6 Å². The van der Waals surface area contributed by atoms with Gasteiger partial charge >= 0.3 is 6.09 Å². The fourth-order valence-corrected chi connectivity index (χ4v) is 9.63. The predicted octanol–water partition coefficient (Wildman–Crippen LogP) is 9.12.